The molecule has 0 atom stereocenters. The molecule has 1 fully saturated rings. The third-order valence-electron chi connectivity index (χ3n) is 5.34. The zero-order valence-corrected chi connectivity index (χ0v) is 19.1. The van der Waals surface area contributed by atoms with Crippen LogP contribution in [0.25, 0.3) is 11.3 Å². The number of hydrogen-bond acceptors (Lipinski definition) is 4. The van der Waals surface area contributed by atoms with Crippen LogP contribution in [-0.4, -0.2) is 60.6 Å². The van der Waals surface area contributed by atoms with Crippen molar-refractivity contribution in [3.63, 3.8) is 0 Å². The highest BCUT2D eigenvalue weighted by molar-refractivity contribution is 7.89. The van der Waals surface area contributed by atoms with E-state index in [9.17, 15) is 17.6 Å². The molecule has 0 radical (unpaired) electrons. The lowest BCUT2D eigenvalue weighted by Gasteiger charge is -2.36. The molecule has 10 heteroatoms. The second-order valence-corrected chi connectivity index (χ2v) is 10.0. The lowest BCUT2D eigenvalue weighted by Crippen LogP contribution is -2.48. The lowest BCUT2D eigenvalue weighted by atomic mass is 10.1. The first kappa shape index (κ1) is 23.4. The van der Waals surface area contributed by atoms with Crippen LogP contribution in [0.15, 0.2) is 36.5 Å². The number of pyridine rings is 1. The molecule has 2 heterocycles. The number of aromatic nitrogens is 1. The maximum atomic E-state index is 13.5. The second kappa shape index (κ2) is 9.93. The van der Waals surface area contributed by atoms with Gasteiger partial charge in [-0.3, -0.25) is 4.98 Å². The molecule has 1 aromatic heterocycles. The highest BCUT2D eigenvalue weighted by Crippen LogP contribution is 2.28. The van der Waals surface area contributed by atoms with E-state index in [1.165, 1.54) is 22.6 Å². The number of rotatable bonds is 6. The van der Waals surface area contributed by atoms with E-state index < -0.39 is 10.0 Å². The van der Waals surface area contributed by atoms with Crippen LogP contribution in [0, 0.1) is 5.82 Å². The normalized spacial score (nSPS) is 15.6. The molecule has 1 aromatic carbocycles. The summed E-state index contributed by atoms with van der Waals surface area (Å²) in [6.45, 7) is 2.65. The zero-order valence-electron chi connectivity index (χ0n) is 17.5. The van der Waals surface area contributed by atoms with Gasteiger partial charge in [0.2, 0.25) is 10.0 Å². The minimum Gasteiger partial charge on any atom is -0.325 e. The van der Waals surface area contributed by atoms with Gasteiger partial charge in [0.25, 0.3) is 0 Å². The number of urea groups is 1. The first-order valence-electron chi connectivity index (χ1n) is 10.1. The summed E-state index contributed by atoms with van der Waals surface area (Å²) in [6.07, 6.45) is 3.20. The van der Waals surface area contributed by atoms with Crippen LogP contribution in [0.5, 0.6) is 0 Å². The number of benzene rings is 1. The largest absolute Gasteiger partial charge is 0.325 e. The summed E-state index contributed by atoms with van der Waals surface area (Å²) in [6, 6.07) is 7.14. The number of carbonyl (C=O) groups is 1. The first-order chi connectivity index (χ1) is 14.7. The molecule has 7 nitrogen and oxygen atoms in total. The molecule has 0 saturated carbocycles. The molecular formula is C21H26ClFN4O3S. The van der Waals surface area contributed by atoms with Crippen LogP contribution in [0.2, 0.25) is 5.02 Å². The number of sulfonamides is 1. The fraction of sp³-hybridized carbons (Fsp3) is 0.429. The number of hydrogen-bond donors (Lipinski definition) is 1. The molecule has 3 rings (SSSR count). The van der Waals surface area contributed by atoms with E-state index in [0.29, 0.717) is 54.3 Å². The van der Waals surface area contributed by atoms with Gasteiger partial charge in [0, 0.05) is 31.7 Å². The van der Waals surface area contributed by atoms with Crippen LogP contribution in [0.3, 0.4) is 0 Å². The molecule has 1 saturated heterocycles. The van der Waals surface area contributed by atoms with E-state index in [1.54, 1.807) is 30.1 Å². The van der Waals surface area contributed by atoms with Crippen molar-refractivity contribution in [2.75, 3.05) is 31.2 Å². The van der Waals surface area contributed by atoms with E-state index in [0.717, 1.165) is 0 Å². The van der Waals surface area contributed by atoms with Crippen molar-refractivity contribution in [1.29, 1.82) is 0 Å². The van der Waals surface area contributed by atoms with Gasteiger partial charge in [0.05, 0.1) is 28.4 Å². The van der Waals surface area contributed by atoms with E-state index >= 15 is 0 Å². The van der Waals surface area contributed by atoms with E-state index in [-0.39, 0.29) is 23.6 Å². The predicted octanol–water partition coefficient (Wildman–Crippen LogP) is 4.21. The Balaban J connectivity index is 1.61. The van der Waals surface area contributed by atoms with Crippen LogP contribution >= 0.6 is 11.6 Å². The molecule has 168 valence electrons. The highest BCUT2D eigenvalue weighted by atomic mass is 35.5. The third-order valence-corrected chi connectivity index (χ3v) is 7.70. The van der Waals surface area contributed by atoms with E-state index in [1.807, 2.05) is 6.92 Å². The minimum atomic E-state index is -3.22. The molecule has 0 bridgehead atoms. The van der Waals surface area contributed by atoms with Crippen molar-refractivity contribution in [1.82, 2.24) is 14.2 Å². The van der Waals surface area contributed by atoms with Gasteiger partial charge >= 0.3 is 6.03 Å². The zero-order chi connectivity index (χ0) is 22.6. The van der Waals surface area contributed by atoms with Gasteiger partial charge in [0.15, 0.2) is 0 Å². The number of piperidine rings is 1. The van der Waals surface area contributed by atoms with Gasteiger partial charge in [-0.25, -0.2) is 21.9 Å². The summed E-state index contributed by atoms with van der Waals surface area (Å²) >= 11 is 6.30. The van der Waals surface area contributed by atoms with Gasteiger partial charge in [-0.05, 0) is 37.5 Å². The summed E-state index contributed by atoms with van der Waals surface area (Å²) in [5.74, 6) is -0.240. The SMILES string of the molecule is CCCS(=O)(=O)N1CCC(N(C)C(=O)Nc2cnc(-c3cccc(F)c3)c(Cl)c2)CC1. The number of nitrogens with zero attached hydrogens (tertiary/aromatic N) is 3. The second-order valence-electron chi connectivity index (χ2n) is 7.55. The monoisotopic (exact) mass is 468 g/mol. The Bertz CT molecular complexity index is 1040. The molecule has 1 aliphatic rings. The van der Waals surface area contributed by atoms with Crippen molar-refractivity contribution in [3.8, 4) is 11.3 Å². The highest BCUT2D eigenvalue weighted by Gasteiger charge is 2.30. The fourth-order valence-electron chi connectivity index (χ4n) is 3.63. The van der Waals surface area contributed by atoms with E-state index in [4.69, 9.17) is 11.6 Å². The molecule has 2 amide bonds. The minimum absolute atomic E-state index is 0.0666. The number of halogens is 2. The first-order valence-corrected chi connectivity index (χ1v) is 12.1. The lowest BCUT2D eigenvalue weighted by molar-refractivity contribution is 0.174. The summed E-state index contributed by atoms with van der Waals surface area (Å²) in [7, 11) is -1.53. The van der Waals surface area contributed by atoms with Crippen molar-refractivity contribution in [2.45, 2.75) is 32.2 Å². The summed E-state index contributed by atoms with van der Waals surface area (Å²) < 4.78 is 39.4. The Kier molecular flexibility index (Phi) is 7.51. The van der Waals surface area contributed by atoms with Crippen LogP contribution in [0.1, 0.15) is 26.2 Å². The fourth-order valence-corrected chi connectivity index (χ4v) is 5.44. The molecule has 31 heavy (non-hydrogen) atoms. The van der Waals surface area contributed by atoms with Crippen LogP contribution < -0.4 is 5.32 Å². The molecule has 1 aliphatic heterocycles. The van der Waals surface area contributed by atoms with Crippen molar-refractivity contribution in [2.24, 2.45) is 0 Å². The Hall–Kier alpha value is -2.23. The van der Waals surface area contributed by atoms with Gasteiger partial charge in [-0.15, -0.1) is 0 Å². The molecule has 0 aliphatic carbocycles. The maximum Gasteiger partial charge on any atom is 0.321 e. The van der Waals surface area contributed by atoms with Crippen LogP contribution in [-0.2, 0) is 10.0 Å². The molecular weight excluding hydrogens is 443 g/mol. The van der Waals surface area contributed by atoms with Gasteiger partial charge < -0.3 is 10.2 Å². The quantitative estimate of drug-likeness (QED) is 0.688. The summed E-state index contributed by atoms with van der Waals surface area (Å²) in [5, 5.41) is 3.06. The van der Waals surface area contributed by atoms with Gasteiger partial charge in [0.1, 0.15) is 5.82 Å². The smallest absolute Gasteiger partial charge is 0.321 e. The van der Waals surface area contributed by atoms with Gasteiger partial charge in [-0.1, -0.05) is 30.7 Å². The average molecular weight is 469 g/mol. The van der Waals surface area contributed by atoms with E-state index in [2.05, 4.69) is 10.3 Å². The van der Waals surface area contributed by atoms with Gasteiger partial charge in [-0.2, -0.15) is 0 Å². The maximum absolute atomic E-state index is 13.5. The Morgan fingerprint density at radius 1 is 1.32 bits per heavy atom. The summed E-state index contributed by atoms with van der Waals surface area (Å²) in [5.41, 5.74) is 1.39. The van der Waals surface area contributed by atoms with Crippen molar-refractivity contribution < 1.29 is 17.6 Å². The Labute approximate surface area is 187 Å². The average Bonchev–Trinajstić information content (AvgIpc) is 2.73. The van der Waals surface area contributed by atoms with Crippen molar-refractivity contribution in [3.05, 3.63) is 47.4 Å². The third kappa shape index (κ3) is 5.72. The topological polar surface area (TPSA) is 82.6 Å². The summed E-state index contributed by atoms with van der Waals surface area (Å²) in [4.78, 5) is 18.5. The predicted molar refractivity (Wildman–Crippen MR) is 120 cm³/mol. The Morgan fingerprint density at radius 3 is 2.65 bits per heavy atom. The Morgan fingerprint density at radius 2 is 2.03 bits per heavy atom. The molecule has 1 N–H and O–H groups in total. The number of nitrogens with one attached hydrogen (secondary N) is 1. The van der Waals surface area contributed by atoms with Crippen LogP contribution in [0.4, 0.5) is 14.9 Å². The number of amides is 2. The number of carbonyl (C=O) groups excluding carboxylic acids is 1. The molecule has 2 aromatic rings. The van der Waals surface area contributed by atoms with Crippen molar-refractivity contribution >= 4 is 33.3 Å². The number of anilines is 1. The standard InChI is InChI=1S/C21H26ClFN4O3S/c1-3-11-31(29,30)27-9-7-18(8-10-27)26(2)21(28)25-17-13-19(22)20(24-14-17)15-5-4-6-16(23)12-15/h4-6,12-14,18H,3,7-11H2,1-2H3,(H,25,28). The molecule has 0 unspecified atom stereocenters. The molecule has 0 spiro atoms.